The van der Waals surface area contributed by atoms with E-state index in [9.17, 15) is 17.0 Å². The molecule has 0 aromatic heterocycles. The van der Waals surface area contributed by atoms with Gasteiger partial charge in [-0.25, -0.2) is 0 Å². The van der Waals surface area contributed by atoms with Gasteiger partial charge in [0, 0.05) is 0 Å². The van der Waals surface area contributed by atoms with E-state index < -0.39 is 33.1 Å². The molecule has 2 saturated heterocycles. The van der Waals surface area contributed by atoms with Crippen LogP contribution in [0.4, 0.5) is 0 Å². The van der Waals surface area contributed by atoms with Crippen molar-refractivity contribution in [2.45, 2.75) is 139 Å². The number of hydrogen-bond donors (Lipinski definition) is 0. The Hall–Kier alpha value is -2.12. The molecular formula is C56H73Cl2O4SiZr. The van der Waals surface area contributed by atoms with E-state index in [0.29, 0.717) is 26.4 Å². The van der Waals surface area contributed by atoms with Crippen molar-refractivity contribution in [3.8, 4) is 22.3 Å². The molecule has 0 radical (unpaired) electrons. The van der Waals surface area contributed by atoms with Crippen LogP contribution in [0.25, 0.3) is 34.4 Å². The van der Waals surface area contributed by atoms with Crippen molar-refractivity contribution in [2.24, 2.45) is 10.8 Å². The molecule has 4 aliphatic rings. The van der Waals surface area contributed by atoms with Crippen molar-refractivity contribution in [3.05, 3.63) is 129 Å². The zero-order valence-corrected chi connectivity index (χ0v) is 46.2. The minimum atomic E-state index is -5.33. The Balaban J connectivity index is 1.33. The molecule has 4 aromatic rings. The van der Waals surface area contributed by atoms with Crippen molar-refractivity contribution in [1.29, 1.82) is 0 Å². The molecule has 0 spiro atoms. The minimum absolute atomic E-state index is 0.0603. The van der Waals surface area contributed by atoms with Crippen molar-refractivity contribution in [1.82, 2.24) is 0 Å². The summed E-state index contributed by atoms with van der Waals surface area (Å²) in [5.41, 5.74) is 14.8. The van der Waals surface area contributed by atoms with Crippen LogP contribution in [0.3, 0.4) is 0 Å². The first-order valence-corrected chi connectivity index (χ1v) is 40.0. The van der Waals surface area contributed by atoms with Gasteiger partial charge in [-0.05, 0) is 0 Å². The molecule has 0 saturated carbocycles. The first-order chi connectivity index (χ1) is 29.6. The molecule has 0 bridgehead atoms. The Labute approximate surface area is 394 Å². The van der Waals surface area contributed by atoms with Crippen LogP contribution in [-0.2, 0) is 45.3 Å². The number of fused-ring (bicyclic) bond motifs is 2. The number of allylic oxidation sites excluding steroid dienone is 2. The Kier molecular flexibility index (Phi) is 12.5. The number of benzene rings is 4. The fraction of sp³-hybridized carbons (Fsp3) is 0.500. The Morgan fingerprint density at radius 3 is 1.16 bits per heavy atom. The maximum atomic E-state index is 9.17. The summed E-state index contributed by atoms with van der Waals surface area (Å²) in [6.07, 6.45) is 6.54. The van der Waals surface area contributed by atoms with E-state index in [-0.39, 0.29) is 28.9 Å². The first kappa shape index (κ1) is 48.3. The molecule has 0 N–H and O–H groups in total. The molecule has 2 aliphatic carbocycles. The van der Waals surface area contributed by atoms with Gasteiger partial charge in [0.05, 0.1) is 0 Å². The van der Waals surface area contributed by atoms with E-state index in [0.717, 1.165) is 12.8 Å². The topological polar surface area (TPSA) is 36.9 Å². The molecule has 64 heavy (non-hydrogen) atoms. The predicted molar refractivity (Wildman–Crippen MR) is 271 cm³/mol. The summed E-state index contributed by atoms with van der Waals surface area (Å²) in [6.45, 7) is 33.6. The van der Waals surface area contributed by atoms with E-state index in [4.69, 9.17) is 18.9 Å². The molecule has 0 amide bonds. The summed E-state index contributed by atoms with van der Waals surface area (Å²) in [5, 5.41) is 0. The van der Waals surface area contributed by atoms with Crippen LogP contribution in [0.2, 0.25) is 13.1 Å². The average Bonchev–Trinajstić information content (AvgIpc) is 3.79. The summed E-state index contributed by atoms with van der Waals surface area (Å²) in [4.78, 5) is 0. The summed E-state index contributed by atoms with van der Waals surface area (Å²) >= 11 is -5.33. The fourth-order valence-corrected chi connectivity index (χ4v) is 42.2. The summed E-state index contributed by atoms with van der Waals surface area (Å²) in [5.74, 6) is -3.16. The van der Waals surface area contributed by atoms with E-state index >= 15 is 0 Å². The van der Waals surface area contributed by atoms with Crippen molar-refractivity contribution in [2.75, 3.05) is 26.4 Å². The second kappa shape index (κ2) is 16.5. The average molecular weight is 1000 g/mol. The molecule has 2 aliphatic heterocycles. The van der Waals surface area contributed by atoms with E-state index in [2.05, 4.69) is 166 Å². The quantitative estimate of drug-likeness (QED) is 0.157. The normalized spacial score (nSPS) is 23.2. The summed E-state index contributed by atoms with van der Waals surface area (Å²) < 4.78 is 25.5. The van der Waals surface area contributed by atoms with Crippen molar-refractivity contribution >= 4 is 35.1 Å². The summed E-state index contributed by atoms with van der Waals surface area (Å²) in [6, 6.07) is 32.1. The molecular weight excluding hydrogens is 927 g/mol. The van der Waals surface area contributed by atoms with Gasteiger partial charge in [0.1, 0.15) is 0 Å². The third-order valence-electron chi connectivity index (χ3n) is 15.0. The zero-order valence-electron chi connectivity index (χ0n) is 41.1. The molecule has 2 heterocycles. The Morgan fingerprint density at radius 1 is 0.531 bits per heavy atom. The van der Waals surface area contributed by atoms with E-state index in [1.54, 1.807) is 0 Å². The second-order valence-corrected chi connectivity index (χ2v) is 66.4. The molecule has 4 nitrogen and oxygen atoms in total. The monoisotopic (exact) mass is 997 g/mol. The number of hydrogen-bond acceptors (Lipinski definition) is 4. The van der Waals surface area contributed by atoms with Crippen LogP contribution in [0.5, 0.6) is 0 Å². The van der Waals surface area contributed by atoms with E-state index in [1.165, 1.54) is 66.8 Å². The molecule has 8 rings (SSSR count). The van der Waals surface area contributed by atoms with Gasteiger partial charge in [-0.3, -0.25) is 0 Å². The van der Waals surface area contributed by atoms with Crippen LogP contribution in [0.1, 0.15) is 137 Å². The van der Waals surface area contributed by atoms with Crippen LogP contribution in [0, 0.1) is 10.8 Å². The maximum absolute atomic E-state index is 9.17. The second-order valence-electron chi connectivity index (χ2n) is 23.9. The fourth-order valence-electron chi connectivity index (χ4n) is 10.9. The molecule has 2 unspecified atom stereocenters. The number of rotatable bonds is 9. The zero-order chi connectivity index (χ0) is 46.5. The van der Waals surface area contributed by atoms with Crippen molar-refractivity contribution in [3.63, 3.8) is 0 Å². The van der Waals surface area contributed by atoms with Gasteiger partial charge in [-0.15, -0.1) is 0 Å². The predicted octanol–water partition coefficient (Wildman–Crippen LogP) is 15.5. The van der Waals surface area contributed by atoms with Crippen LogP contribution in [0.15, 0.2) is 96.1 Å². The van der Waals surface area contributed by atoms with E-state index in [1.807, 2.05) is 27.7 Å². The van der Waals surface area contributed by atoms with Gasteiger partial charge in [0.2, 0.25) is 0 Å². The van der Waals surface area contributed by atoms with Gasteiger partial charge in [0.25, 0.3) is 0 Å². The van der Waals surface area contributed by atoms with Crippen LogP contribution >= 0.6 is 17.0 Å². The SMILES string of the molecule is C[SiH](C)[Zr]([Cl])([Cl])([CH]1C(CC2(C)COC(C)(C)OC2)=Cc2c(-c3ccc(C(C)(C)C)cc3)cccc21)[CH]1C(CC2(C)COC(C)(C)OC2)=Cc2c(-c3ccc(C(C)(C)C)cc3)cccc21. The van der Waals surface area contributed by atoms with Crippen LogP contribution < -0.4 is 0 Å². The van der Waals surface area contributed by atoms with Gasteiger partial charge >= 0.3 is 397 Å². The summed E-state index contributed by atoms with van der Waals surface area (Å²) in [7, 11) is 18.3. The molecule has 2 fully saturated rings. The van der Waals surface area contributed by atoms with Crippen LogP contribution in [-0.4, -0.2) is 43.9 Å². The standard InChI is InChI=1S/2C27H33O2.C2H7Si.2ClH.Zr/c2*1-25(2,3)22-12-10-20(11-13-22)23-9-7-8-21-14-19(15-24(21)23)16-27(6)17-28-26(4,5)29-18-27;1-3-2;;;/h2*7-15H,16-18H2,1-6H3;3H,1-2H3;2*1H;/q;;;;;+2/p-2. The molecule has 2 atom stereocenters. The molecule has 343 valence electrons. The third kappa shape index (κ3) is 9.00. The Morgan fingerprint density at radius 2 is 0.859 bits per heavy atom. The van der Waals surface area contributed by atoms with Gasteiger partial charge in [-0.1, -0.05) is 0 Å². The first-order valence-electron chi connectivity index (χ1n) is 23.6. The number of ether oxygens (including phenoxy) is 4. The number of halogens is 2. The van der Waals surface area contributed by atoms with Gasteiger partial charge in [0.15, 0.2) is 0 Å². The van der Waals surface area contributed by atoms with Gasteiger partial charge < -0.3 is 0 Å². The van der Waals surface area contributed by atoms with Crippen molar-refractivity contribution < 1.29 is 34.5 Å². The molecule has 4 aromatic carbocycles. The third-order valence-corrected chi connectivity index (χ3v) is 66.8. The molecule has 8 heteroatoms. The Bertz CT molecular complexity index is 2300. The van der Waals surface area contributed by atoms with Gasteiger partial charge in [-0.2, -0.15) is 0 Å².